The van der Waals surface area contributed by atoms with Crippen LogP contribution in [0.4, 0.5) is 10.1 Å². The van der Waals surface area contributed by atoms with Crippen molar-refractivity contribution in [3.8, 4) is 0 Å². The Labute approximate surface area is 128 Å². The Morgan fingerprint density at radius 3 is 2.82 bits per heavy atom. The summed E-state index contributed by atoms with van der Waals surface area (Å²) in [6, 6.07) is 6.06. The Bertz CT molecular complexity index is 622. The monoisotopic (exact) mass is 306 g/mol. The lowest BCUT2D eigenvalue weighted by atomic mass is 9.86. The molecule has 0 aromatic heterocycles. The number of allylic oxidation sites excluding steroid dienone is 1. The topological polar surface area (TPSA) is 77.1 Å². The molecule has 1 aliphatic carbocycles. The van der Waals surface area contributed by atoms with E-state index >= 15 is 0 Å². The number of hydrogen-bond acceptors (Lipinski definition) is 5. The second kappa shape index (κ2) is 6.16. The summed E-state index contributed by atoms with van der Waals surface area (Å²) in [6.45, 7) is 0.885. The third-order valence-corrected chi connectivity index (χ3v) is 3.98. The molecule has 2 fully saturated rings. The second-order valence-electron chi connectivity index (χ2n) is 5.48. The predicted molar refractivity (Wildman–Crippen MR) is 80.3 cm³/mol. The van der Waals surface area contributed by atoms with Gasteiger partial charge in [-0.05, 0) is 30.2 Å². The highest BCUT2D eigenvalue weighted by Crippen LogP contribution is 2.38. The smallest absolute Gasteiger partial charge is 0.174 e. The van der Waals surface area contributed by atoms with Crippen LogP contribution in [0.2, 0.25) is 0 Å². The quantitative estimate of drug-likeness (QED) is 0.876. The number of nitrogens with two attached hydrogens (primary N) is 1. The summed E-state index contributed by atoms with van der Waals surface area (Å²) in [4.78, 5) is 4.52. The SMILES string of the molecule is N/C(CO)=C1/CCC2(CC1=Nc1cccc(F)c1)OCCO2. The van der Waals surface area contributed by atoms with Crippen LogP contribution < -0.4 is 5.73 Å². The van der Waals surface area contributed by atoms with E-state index in [0.29, 0.717) is 49.6 Å². The van der Waals surface area contributed by atoms with Crippen LogP contribution in [0.3, 0.4) is 0 Å². The van der Waals surface area contributed by atoms with Crippen molar-refractivity contribution in [3.63, 3.8) is 0 Å². The number of aliphatic imine (C=N–C) groups is 1. The van der Waals surface area contributed by atoms with E-state index in [0.717, 1.165) is 5.57 Å². The van der Waals surface area contributed by atoms with Crippen molar-refractivity contribution in [3.05, 3.63) is 41.4 Å². The van der Waals surface area contributed by atoms with Crippen LogP contribution in [0.5, 0.6) is 0 Å². The second-order valence-corrected chi connectivity index (χ2v) is 5.48. The van der Waals surface area contributed by atoms with E-state index in [1.54, 1.807) is 12.1 Å². The van der Waals surface area contributed by atoms with E-state index < -0.39 is 5.79 Å². The molecule has 2 aliphatic rings. The van der Waals surface area contributed by atoms with Crippen LogP contribution >= 0.6 is 0 Å². The largest absolute Gasteiger partial charge is 0.400 e. The van der Waals surface area contributed by atoms with Gasteiger partial charge >= 0.3 is 0 Å². The van der Waals surface area contributed by atoms with Crippen LogP contribution in [0.25, 0.3) is 0 Å². The molecule has 0 unspecified atom stereocenters. The third kappa shape index (κ3) is 3.04. The highest BCUT2D eigenvalue weighted by atomic mass is 19.1. The summed E-state index contributed by atoms with van der Waals surface area (Å²) in [7, 11) is 0. The summed E-state index contributed by atoms with van der Waals surface area (Å²) < 4.78 is 24.8. The van der Waals surface area contributed by atoms with E-state index in [2.05, 4.69) is 4.99 Å². The minimum absolute atomic E-state index is 0.230. The fraction of sp³-hybridized carbons (Fsp3) is 0.438. The van der Waals surface area contributed by atoms with Gasteiger partial charge in [-0.25, -0.2) is 4.39 Å². The van der Waals surface area contributed by atoms with Gasteiger partial charge in [0.15, 0.2) is 5.79 Å². The number of ether oxygens (including phenoxy) is 2. The molecule has 5 nitrogen and oxygen atoms in total. The molecule has 6 heteroatoms. The first-order chi connectivity index (χ1) is 10.6. The van der Waals surface area contributed by atoms with Gasteiger partial charge in [-0.3, -0.25) is 4.99 Å². The fourth-order valence-corrected chi connectivity index (χ4v) is 2.90. The number of aliphatic hydroxyl groups excluding tert-OH is 1. The zero-order chi connectivity index (χ0) is 15.6. The van der Waals surface area contributed by atoms with Gasteiger partial charge in [0.05, 0.1) is 31.2 Å². The molecule has 1 saturated carbocycles. The Morgan fingerprint density at radius 1 is 1.36 bits per heavy atom. The zero-order valence-corrected chi connectivity index (χ0v) is 12.2. The first kappa shape index (κ1) is 15.1. The van der Waals surface area contributed by atoms with Gasteiger partial charge in [0, 0.05) is 18.5 Å². The molecule has 0 amide bonds. The number of nitrogens with zero attached hydrogens (tertiary/aromatic N) is 1. The lowest BCUT2D eigenvalue weighted by molar-refractivity contribution is -0.157. The molecular formula is C16H19FN2O3. The first-order valence-electron chi connectivity index (χ1n) is 7.32. The van der Waals surface area contributed by atoms with Gasteiger partial charge in [0.2, 0.25) is 0 Å². The average Bonchev–Trinajstić information content (AvgIpc) is 2.95. The van der Waals surface area contributed by atoms with Crippen LogP contribution in [-0.4, -0.2) is 36.4 Å². The first-order valence-corrected chi connectivity index (χ1v) is 7.32. The molecule has 1 heterocycles. The Hall–Kier alpha value is -1.76. The minimum atomic E-state index is -0.661. The molecule has 3 N–H and O–H groups in total. The fourth-order valence-electron chi connectivity index (χ4n) is 2.90. The number of aliphatic hydroxyl groups is 1. The zero-order valence-electron chi connectivity index (χ0n) is 12.2. The maximum atomic E-state index is 13.3. The molecule has 22 heavy (non-hydrogen) atoms. The van der Waals surface area contributed by atoms with Gasteiger partial charge in [-0.1, -0.05) is 6.07 Å². The standard InChI is InChI=1S/C16H19FN2O3/c17-11-2-1-3-12(8-11)19-15-9-16(21-6-7-22-16)5-4-13(15)14(18)10-20/h1-3,8,20H,4-7,9-10,18H2/b14-13-,19-15?. The van der Waals surface area contributed by atoms with Gasteiger partial charge in [-0.2, -0.15) is 0 Å². The van der Waals surface area contributed by atoms with Crippen molar-refractivity contribution in [1.29, 1.82) is 0 Å². The van der Waals surface area contributed by atoms with Crippen molar-refractivity contribution >= 4 is 11.4 Å². The molecule has 1 aromatic rings. The van der Waals surface area contributed by atoms with Crippen LogP contribution in [0.1, 0.15) is 19.3 Å². The van der Waals surface area contributed by atoms with Crippen molar-refractivity contribution in [2.24, 2.45) is 10.7 Å². The van der Waals surface area contributed by atoms with Gasteiger partial charge < -0.3 is 20.3 Å². The molecule has 3 rings (SSSR count). The molecule has 1 aliphatic heterocycles. The number of benzene rings is 1. The van der Waals surface area contributed by atoms with Crippen LogP contribution in [0.15, 0.2) is 40.5 Å². The number of rotatable bonds is 2. The lowest BCUT2D eigenvalue weighted by Gasteiger charge is -2.34. The summed E-state index contributed by atoms with van der Waals surface area (Å²) in [5.41, 5.74) is 8.29. The Kier molecular flexibility index (Phi) is 4.24. The van der Waals surface area contributed by atoms with Gasteiger partial charge in [-0.15, -0.1) is 0 Å². The molecule has 0 atom stereocenters. The summed E-state index contributed by atoms with van der Waals surface area (Å²) in [5.74, 6) is -1.01. The molecule has 0 bridgehead atoms. The van der Waals surface area contributed by atoms with Crippen molar-refractivity contribution < 1.29 is 19.0 Å². The van der Waals surface area contributed by atoms with E-state index in [4.69, 9.17) is 15.2 Å². The van der Waals surface area contributed by atoms with Crippen LogP contribution in [0, 0.1) is 5.82 Å². The third-order valence-electron chi connectivity index (χ3n) is 3.98. The average molecular weight is 306 g/mol. The van der Waals surface area contributed by atoms with Crippen molar-refractivity contribution in [2.75, 3.05) is 19.8 Å². The Morgan fingerprint density at radius 2 is 2.14 bits per heavy atom. The van der Waals surface area contributed by atoms with Crippen molar-refractivity contribution in [1.82, 2.24) is 0 Å². The molecule has 1 spiro atoms. The van der Waals surface area contributed by atoms with Crippen molar-refractivity contribution in [2.45, 2.75) is 25.0 Å². The normalized spacial score (nSPS) is 24.9. The molecule has 118 valence electrons. The van der Waals surface area contributed by atoms with E-state index in [1.807, 2.05) is 0 Å². The highest BCUT2D eigenvalue weighted by molar-refractivity contribution is 6.03. The minimum Gasteiger partial charge on any atom is -0.400 e. The summed E-state index contributed by atoms with van der Waals surface area (Å²) >= 11 is 0. The molecule has 1 aromatic carbocycles. The Balaban J connectivity index is 1.97. The molecular weight excluding hydrogens is 287 g/mol. The van der Waals surface area contributed by atoms with Gasteiger partial charge in [0.1, 0.15) is 5.82 Å². The molecule has 1 saturated heterocycles. The van der Waals surface area contributed by atoms with Gasteiger partial charge in [0.25, 0.3) is 0 Å². The predicted octanol–water partition coefficient (Wildman–Crippen LogP) is 2.03. The molecule has 0 radical (unpaired) electrons. The van der Waals surface area contributed by atoms with Crippen LogP contribution in [-0.2, 0) is 9.47 Å². The number of halogens is 1. The lowest BCUT2D eigenvalue weighted by Crippen LogP contribution is -2.38. The number of hydrogen-bond donors (Lipinski definition) is 2. The maximum absolute atomic E-state index is 13.3. The summed E-state index contributed by atoms with van der Waals surface area (Å²) in [5, 5.41) is 9.31. The maximum Gasteiger partial charge on any atom is 0.174 e. The van der Waals surface area contributed by atoms with E-state index in [1.165, 1.54) is 12.1 Å². The summed E-state index contributed by atoms with van der Waals surface area (Å²) in [6.07, 6.45) is 1.73. The highest BCUT2D eigenvalue weighted by Gasteiger charge is 2.42. The van der Waals surface area contributed by atoms with E-state index in [9.17, 15) is 9.50 Å². The van der Waals surface area contributed by atoms with E-state index in [-0.39, 0.29) is 12.4 Å².